The summed E-state index contributed by atoms with van der Waals surface area (Å²) < 4.78 is 0. The van der Waals surface area contributed by atoms with Crippen LogP contribution in [0.3, 0.4) is 0 Å². The van der Waals surface area contributed by atoms with E-state index in [9.17, 15) is 4.79 Å². The van der Waals surface area contributed by atoms with Crippen molar-refractivity contribution in [1.29, 1.82) is 0 Å². The second kappa shape index (κ2) is 6.62. The molecule has 0 radical (unpaired) electrons. The van der Waals surface area contributed by atoms with E-state index in [0.717, 1.165) is 50.2 Å². The van der Waals surface area contributed by atoms with E-state index in [1.165, 1.54) is 30.6 Å². The first-order chi connectivity index (χ1) is 10.2. The molecule has 1 saturated carbocycles. The van der Waals surface area contributed by atoms with Crippen molar-refractivity contribution >= 4 is 28.2 Å². The maximum absolute atomic E-state index is 12.2. The fourth-order valence-corrected chi connectivity index (χ4v) is 3.68. The predicted molar refractivity (Wildman–Crippen MR) is 85.9 cm³/mol. The van der Waals surface area contributed by atoms with Gasteiger partial charge in [0.05, 0.1) is 0 Å². The molecule has 21 heavy (non-hydrogen) atoms. The smallest absolute Gasteiger partial charge is 0.265 e. The highest BCUT2D eigenvalue weighted by molar-refractivity contribution is 7.18. The first kappa shape index (κ1) is 14.6. The van der Waals surface area contributed by atoms with Gasteiger partial charge in [0.15, 0.2) is 5.13 Å². The largest absolute Gasteiger partial charge is 0.382 e. The molecular formula is C14H23N5OS. The summed E-state index contributed by atoms with van der Waals surface area (Å²) in [5.41, 5.74) is 5.91. The molecule has 0 atom stereocenters. The van der Waals surface area contributed by atoms with E-state index in [2.05, 4.69) is 20.5 Å². The average molecular weight is 309 g/mol. The number of rotatable bonds is 5. The Kier molecular flexibility index (Phi) is 4.60. The van der Waals surface area contributed by atoms with E-state index in [0.29, 0.717) is 10.7 Å². The normalized spacial score (nSPS) is 19.3. The zero-order valence-electron chi connectivity index (χ0n) is 12.2. The molecule has 1 aromatic heterocycles. The molecule has 4 N–H and O–H groups in total. The SMILES string of the molecule is Nc1nc(N2CCNCC2)sc1C(=O)NCCC1CCC1. The van der Waals surface area contributed by atoms with Crippen LogP contribution in [0.1, 0.15) is 35.4 Å². The van der Waals surface area contributed by atoms with Crippen LogP contribution >= 0.6 is 11.3 Å². The van der Waals surface area contributed by atoms with Crippen molar-refractivity contribution in [3.63, 3.8) is 0 Å². The lowest BCUT2D eigenvalue weighted by atomic mass is 9.83. The van der Waals surface area contributed by atoms with Crippen molar-refractivity contribution in [2.75, 3.05) is 43.4 Å². The average Bonchev–Trinajstić information content (AvgIpc) is 2.84. The number of carbonyl (C=O) groups is 1. The Bertz CT molecular complexity index is 494. The van der Waals surface area contributed by atoms with Gasteiger partial charge in [0.2, 0.25) is 0 Å². The Balaban J connectivity index is 1.55. The molecule has 1 saturated heterocycles. The van der Waals surface area contributed by atoms with Gasteiger partial charge < -0.3 is 21.3 Å². The lowest BCUT2D eigenvalue weighted by Crippen LogP contribution is -2.43. The summed E-state index contributed by atoms with van der Waals surface area (Å²) in [6, 6.07) is 0. The molecule has 1 aliphatic carbocycles. The quantitative estimate of drug-likeness (QED) is 0.757. The molecule has 2 fully saturated rings. The molecule has 7 heteroatoms. The van der Waals surface area contributed by atoms with Crippen LogP contribution in [0.15, 0.2) is 0 Å². The summed E-state index contributed by atoms with van der Waals surface area (Å²) >= 11 is 1.40. The Morgan fingerprint density at radius 1 is 1.43 bits per heavy atom. The summed E-state index contributed by atoms with van der Waals surface area (Å²) in [4.78, 5) is 19.3. The summed E-state index contributed by atoms with van der Waals surface area (Å²) in [6.07, 6.45) is 5.04. The highest BCUT2D eigenvalue weighted by atomic mass is 32.1. The van der Waals surface area contributed by atoms with Crippen molar-refractivity contribution < 1.29 is 4.79 Å². The number of anilines is 2. The molecule has 0 bridgehead atoms. The molecule has 1 amide bonds. The van der Waals surface area contributed by atoms with Crippen LogP contribution in [-0.2, 0) is 0 Å². The maximum Gasteiger partial charge on any atom is 0.265 e. The summed E-state index contributed by atoms with van der Waals surface area (Å²) in [5, 5.41) is 7.14. The summed E-state index contributed by atoms with van der Waals surface area (Å²) in [7, 11) is 0. The first-order valence-corrected chi connectivity index (χ1v) is 8.56. The van der Waals surface area contributed by atoms with Gasteiger partial charge in [-0.3, -0.25) is 4.79 Å². The Morgan fingerprint density at radius 3 is 2.86 bits per heavy atom. The molecule has 116 valence electrons. The minimum Gasteiger partial charge on any atom is -0.382 e. The second-order valence-electron chi connectivity index (χ2n) is 5.79. The minimum atomic E-state index is -0.0780. The third-order valence-electron chi connectivity index (χ3n) is 4.30. The zero-order valence-corrected chi connectivity index (χ0v) is 13.0. The van der Waals surface area contributed by atoms with Crippen molar-refractivity contribution in [3.8, 4) is 0 Å². The van der Waals surface area contributed by atoms with Gasteiger partial charge in [-0.15, -0.1) is 0 Å². The number of hydrogen-bond acceptors (Lipinski definition) is 6. The van der Waals surface area contributed by atoms with E-state index in [4.69, 9.17) is 5.73 Å². The lowest BCUT2D eigenvalue weighted by molar-refractivity contribution is 0.0953. The highest BCUT2D eigenvalue weighted by Gasteiger charge is 2.21. The van der Waals surface area contributed by atoms with E-state index in [1.54, 1.807) is 0 Å². The van der Waals surface area contributed by atoms with Gasteiger partial charge in [-0.2, -0.15) is 0 Å². The molecule has 0 unspecified atom stereocenters. The van der Waals surface area contributed by atoms with Gasteiger partial charge in [0.25, 0.3) is 5.91 Å². The van der Waals surface area contributed by atoms with Gasteiger partial charge in [0.1, 0.15) is 10.7 Å². The first-order valence-electron chi connectivity index (χ1n) is 7.74. The molecule has 1 aromatic rings. The van der Waals surface area contributed by atoms with E-state index >= 15 is 0 Å². The van der Waals surface area contributed by atoms with Gasteiger partial charge in [0, 0.05) is 32.7 Å². The van der Waals surface area contributed by atoms with Crippen molar-refractivity contribution in [3.05, 3.63) is 4.88 Å². The Labute approximate surface area is 129 Å². The van der Waals surface area contributed by atoms with E-state index < -0.39 is 0 Å². The molecule has 1 aliphatic heterocycles. The maximum atomic E-state index is 12.2. The number of nitrogens with two attached hydrogens (primary N) is 1. The number of hydrogen-bond donors (Lipinski definition) is 3. The standard InChI is InChI=1S/C14H23N5OS/c15-12-11(13(20)17-5-4-10-2-1-3-10)21-14(18-12)19-8-6-16-7-9-19/h10,16H,1-9,15H2,(H,17,20). The van der Waals surface area contributed by atoms with Crippen molar-refractivity contribution in [2.24, 2.45) is 5.92 Å². The Hall–Kier alpha value is -1.34. The van der Waals surface area contributed by atoms with Crippen LogP contribution in [0.2, 0.25) is 0 Å². The van der Waals surface area contributed by atoms with Crippen molar-refractivity contribution in [1.82, 2.24) is 15.6 Å². The molecule has 0 spiro atoms. The summed E-state index contributed by atoms with van der Waals surface area (Å²) in [6.45, 7) is 4.46. The van der Waals surface area contributed by atoms with Crippen LogP contribution in [0.25, 0.3) is 0 Å². The van der Waals surface area contributed by atoms with Crippen LogP contribution < -0.4 is 21.3 Å². The van der Waals surface area contributed by atoms with Gasteiger partial charge >= 0.3 is 0 Å². The highest BCUT2D eigenvalue weighted by Crippen LogP contribution is 2.30. The molecule has 3 rings (SSSR count). The number of nitrogens with one attached hydrogen (secondary N) is 2. The Morgan fingerprint density at radius 2 is 2.19 bits per heavy atom. The summed E-state index contributed by atoms with van der Waals surface area (Å²) in [5.74, 6) is 1.08. The van der Waals surface area contributed by atoms with E-state index in [1.807, 2.05) is 0 Å². The van der Waals surface area contributed by atoms with E-state index in [-0.39, 0.29) is 5.91 Å². The van der Waals surface area contributed by atoms with Gasteiger partial charge in [-0.05, 0) is 12.3 Å². The number of nitrogens with zero attached hydrogens (tertiary/aromatic N) is 2. The fraction of sp³-hybridized carbons (Fsp3) is 0.714. The predicted octanol–water partition coefficient (Wildman–Crippen LogP) is 1.05. The van der Waals surface area contributed by atoms with Gasteiger partial charge in [-0.1, -0.05) is 30.6 Å². The third kappa shape index (κ3) is 3.47. The number of carbonyl (C=O) groups excluding carboxylic acids is 1. The van der Waals surface area contributed by atoms with Crippen LogP contribution in [0.5, 0.6) is 0 Å². The number of amides is 1. The lowest BCUT2D eigenvalue weighted by Gasteiger charge is -2.26. The third-order valence-corrected chi connectivity index (χ3v) is 5.43. The monoisotopic (exact) mass is 309 g/mol. The number of aromatic nitrogens is 1. The molecule has 0 aromatic carbocycles. The second-order valence-corrected chi connectivity index (χ2v) is 6.77. The van der Waals surface area contributed by atoms with Crippen LogP contribution in [0.4, 0.5) is 10.9 Å². The van der Waals surface area contributed by atoms with Crippen molar-refractivity contribution in [2.45, 2.75) is 25.7 Å². The molecule has 2 heterocycles. The molecular weight excluding hydrogens is 286 g/mol. The number of piperazine rings is 1. The zero-order chi connectivity index (χ0) is 14.7. The minimum absolute atomic E-state index is 0.0780. The number of thiazole rings is 1. The van der Waals surface area contributed by atoms with Gasteiger partial charge in [-0.25, -0.2) is 4.98 Å². The molecule has 6 nitrogen and oxygen atoms in total. The topological polar surface area (TPSA) is 83.3 Å². The van der Waals surface area contributed by atoms with Crippen LogP contribution in [0, 0.1) is 5.92 Å². The van der Waals surface area contributed by atoms with Crippen LogP contribution in [-0.4, -0.2) is 43.6 Å². The number of nitrogen functional groups attached to an aromatic ring is 1. The molecule has 2 aliphatic rings. The fourth-order valence-electron chi connectivity index (χ4n) is 2.73.